The van der Waals surface area contributed by atoms with Crippen molar-refractivity contribution >= 4 is 11.8 Å². The van der Waals surface area contributed by atoms with E-state index in [0.29, 0.717) is 5.69 Å². The number of nitrogens with zero attached hydrogens (tertiary/aromatic N) is 2. The van der Waals surface area contributed by atoms with Gasteiger partial charge in [-0.25, -0.2) is 4.98 Å². The van der Waals surface area contributed by atoms with Crippen LogP contribution in [0, 0.1) is 0 Å². The minimum absolute atomic E-state index is 0.00828. The van der Waals surface area contributed by atoms with Gasteiger partial charge in [0.1, 0.15) is 12.0 Å². The van der Waals surface area contributed by atoms with Crippen LogP contribution in [0.5, 0.6) is 0 Å². The number of imidazole rings is 1. The smallest absolute Gasteiger partial charge is 0.271 e. The first-order chi connectivity index (χ1) is 11.6. The van der Waals surface area contributed by atoms with Gasteiger partial charge in [0, 0.05) is 30.9 Å². The van der Waals surface area contributed by atoms with Crippen LogP contribution in [-0.2, 0) is 4.79 Å². The van der Waals surface area contributed by atoms with E-state index in [4.69, 9.17) is 0 Å². The van der Waals surface area contributed by atoms with E-state index < -0.39 is 0 Å². The summed E-state index contributed by atoms with van der Waals surface area (Å²) in [6.07, 6.45) is 6.92. The normalized spacial score (nSPS) is 20.4. The molecule has 126 valence electrons. The quantitative estimate of drug-likeness (QED) is 0.903. The Labute approximate surface area is 141 Å². The Morgan fingerprint density at radius 2 is 1.67 bits per heavy atom. The third kappa shape index (κ3) is 4.01. The second kappa shape index (κ2) is 7.29. The number of aromatic nitrogens is 2. The fourth-order valence-corrected chi connectivity index (χ4v) is 3.11. The zero-order valence-electron chi connectivity index (χ0n) is 13.7. The third-order valence-electron chi connectivity index (χ3n) is 4.34. The largest absolute Gasteiger partial charge is 0.354 e. The molecule has 1 aromatic heterocycles. The van der Waals surface area contributed by atoms with Gasteiger partial charge in [-0.1, -0.05) is 18.2 Å². The van der Waals surface area contributed by atoms with Crippen molar-refractivity contribution in [3.05, 3.63) is 48.5 Å². The molecule has 1 aromatic carbocycles. The molecule has 0 bridgehead atoms. The summed E-state index contributed by atoms with van der Waals surface area (Å²) < 4.78 is 1.84. The minimum atomic E-state index is -0.146. The Kier molecular flexibility index (Phi) is 4.93. The van der Waals surface area contributed by atoms with Crippen LogP contribution in [0.15, 0.2) is 42.9 Å². The molecule has 0 atom stereocenters. The van der Waals surface area contributed by atoms with E-state index in [9.17, 15) is 9.59 Å². The van der Waals surface area contributed by atoms with E-state index in [1.54, 1.807) is 12.5 Å². The highest BCUT2D eigenvalue weighted by Crippen LogP contribution is 2.19. The van der Waals surface area contributed by atoms with Gasteiger partial charge in [-0.3, -0.25) is 9.59 Å². The average Bonchev–Trinajstić information content (AvgIpc) is 3.07. The number of carbonyl (C=O) groups excluding carboxylic acids is 2. The van der Waals surface area contributed by atoms with Gasteiger partial charge in [0.15, 0.2) is 0 Å². The van der Waals surface area contributed by atoms with E-state index in [2.05, 4.69) is 15.6 Å². The van der Waals surface area contributed by atoms with E-state index in [1.165, 1.54) is 6.92 Å². The maximum atomic E-state index is 12.4. The van der Waals surface area contributed by atoms with Crippen LogP contribution < -0.4 is 10.6 Å². The van der Waals surface area contributed by atoms with Gasteiger partial charge in [-0.2, -0.15) is 0 Å². The van der Waals surface area contributed by atoms with E-state index in [0.717, 1.165) is 31.4 Å². The lowest BCUT2D eigenvalue weighted by atomic mass is 9.91. The van der Waals surface area contributed by atoms with Gasteiger partial charge < -0.3 is 15.2 Å². The molecule has 0 unspecified atom stereocenters. The maximum Gasteiger partial charge on any atom is 0.271 e. The van der Waals surface area contributed by atoms with Crippen molar-refractivity contribution in [3.63, 3.8) is 0 Å². The van der Waals surface area contributed by atoms with Crippen molar-refractivity contribution in [2.24, 2.45) is 0 Å². The van der Waals surface area contributed by atoms with Crippen molar-refractivity contribution < 1.29 is 9.59 Å². The van der Waals surface area contributed by atoms with Crippen molar-refractivity contribution in [3.8, 4) is 5.69 Å². The molecule has 0 aliphatic heterocycles. The van der Waals surface area contributed by atoms with Crippen LogP contribution >= 0.6 is 0 Å². The van der Waals surface area contributed by atoms with Crippen molar-refractivity contribution in [2.45, 2.75) is 44.7 Å². The first-order valence-electron chi connectivity index (χ1n) is 8.29. The number of carbonyl (C=O) groups is 2. The highest BCUT2D eigenvalue weighted by Gasteiger charge is 2.23. The lowest BCUT2D eigenvalue weighted by Gasteiger charge is -2.29. The highest BCUT2D eigenvalue weighted by atomic mass is 16.2. The summed E-state index contributed by atoms with van der Waals surface area (Å²) in [7, 11) is 0. The molecule has 0 saturated heterocycles. The Morgan fingerprint density at radius 3 is 2.29 bits per heavy atom. The van der Waals surface area contributed by atoms with E-state index in [1.807, 2.05) is 34.9 Å². The summed E-state index contributed by atoms with van der Waals surface area (Å²) in [4.78, 5) is 27.7. The molecule has 1 aliphatic rings. The summed E-state index contributed by atoms with van der Waals surface area (Å²) in [6, 6.07) is 10.1. The van der Waals surface area contributed by atoms with Crippen LogP contribution in [0.25, 0.3) is 5.69 Å². The molecule has 24 heavy (non-hydrogen) atoms. The van der Waals surface area contributed by atoms with Crippen LogP contribution in [0.1, 0.15) is 43.1 Å². The SMILES string of the molecule is CC(=O)NC1CCC(NC(=O)c2cn(-c3ccccc3)cn2)CC1. The fourth-order valence-electron chi connectivity index (χ4n) is 3.11. The number of para-hydroxylation sites is 1. The third-order valence-corrected chi connectivity index (χ3v) is 4.34. The predicted octanol–water partition coefficient (Wildman–Crippen LogP) is 2.05. The summed E-state index contributed by atoms with van der Waals surface area (Å²) in [5.41, 5.74) is 1.39. The standard InChI is InChI=1S/C18H22N4O2/c1-13(23)20-14-7-9-15(10-8-14)21-18(24)17-11-22(12-19-17)16-5-3-2-4-6-16/h2-6,11-12,14-15H,7-10H2,1H3,(H,20,23)(H,21,24). The molecule has 1 heterocycles. The summed E-state index contributed by atoms with van der Waals surface area (Å²) in [5.74, 6) is -0.137. The number of amides is 2. The molecule has 2 amide bonds. The Morgan fingerprint density at radius 1 is 1.04 bits per heavy atom. The maximum absolute atomic E-state index is 12.4. The monoisotopic (exact) mass is 326 g/mol. The van der Waals surface area contributed by atoms with Crippen molar-refractivity contribution in [1.29, 1.82) is 0 Å². The predicted molar refractivity (Wildman–Crippen MR) is 90.9 cm³/mol. The molecule has 2 aromatic rings. The number of nitrogens with one attached hydrogen (secondary N) is 2. The van der Waals surface area contributed by atoms with Gasteiger partial charge in [0.25, 0.3) is 5.91 Å². The van der Waals surface area contributed by atoms with Gasteiger partial charge in [-0.05, 0) is 37.8 Å². The van der Waals surface area contributed by atoms with Crippen molar-refractivity contribution in [2.75, 3.05) is 0 Å². The van der Waals surface area contributed by atoms with Crippen LogP contribution in [-0.4, -0.2) is 33.4 Å². The average molecular weight is 326 g/mol. The molecule has 0 spiro atoms. The zero-order valence-corrected chi connectivity index (χ0v) is 13.7. The first kappa shape index (κ1) is 16.2. The number of benzene rings is 1. The molecular formula is C18H22N4O2. The first-order valence-corrected chi connectivity index (χ1v) is 8.29. The fraction of sp³-hybridized carbons (Fsp3) is 0.389. The molecule has 6 nitrogen and oxygen atoms in total. The van der Waals surface area contributed by atoms with E-state index in [-0.39, 0.29) is 23.9 Å². The lowest BCUT2D eigenvalue weighted by Crippen LogP contribution is -2.43. The molecule has 1 saturated carbocycles. The summed E-state index contributed by atoms with van der Waals surface area (Å²) in [6.45, 7) is 1.54. The lowest BCUT2D eigenvalue weighted by molar-refractivity contribution is -0.119. The number of rotatable bonds is 4. The Hall–Kier alpha value is -2.63. The second-order valence-electron chi connectivity index (χ2n) is 6.22. The van der Waals surface area contributed by atoms with Gasteiger partial charge in [0.05, 0.1) is 0 Å². The topological polar surface area (TPSA) is 76.0 Å². The second-order valence-corrected chi connectivity index (χ2v) is 6.22. The molecule has 6 heteroatoms. The zero-order chi connectivity index (χ0) is 16.9. The summed E-state index contributed by atoms with van der Waals surface area (Å²) in [5, 5.41) is 5.99. The van der Waals surface area contributed by atoms with Crippen molar-refractivity contribution in [1.82, 2.24) is 20.2 Å². The molecule has 2 N–H and O–H groups in total. The highest BCUT2D eigenvalue weighted by molar-refractivity contribution is 5.92. The molecule has 0 radical (unpaired) electrons. The van der Waals surface area contributed by atoms with Crippen LogP contribution in [0.4, 0.5) is 0 Å². The minimum Gasteiger partial charge on any atom is -0.354 e. The van der Waals surface area contributed by atoms with Crippen LogP contribution in [0.3, 0.4) is 0 Å². The summed E-state index contributed by atoms with van der Waals surface area (Å²) >= 11 is 0. The Bertz CT molecular complexity index is 703. The number of hydrogen-bond acceptors (Lipinski definition) is 3. The van der Waals surface area contributed by atoms with Gasteiger partial charge >= 0.3 is 0 Å². The molecular weight excluding hydrogens is 304 g/mol. The number of hydrogen-bond donors (Lipinski definition) is 2. The molecule has 1 aliphatic carbocycles. The molecule has 1 fully saturated rings. The van der Waals surface area contributed by atoms with E-state index >= 15 is 0 Å². The molecule has 3 rings (SSSR count). The van der Waals surface area contributed by atoms with Gasteiger partial charge in [0.2, 0.25) is 5.91 Å². The Balaban J connectivity index is 1.55. The van der Waals surface area contributed by atoms with Crippen LogP contribution in [0.2, 0.25) is 0 Å². The van der Waals surface area contributed by atoms with Gasteiger partial charge in [-0.15, -0.1) is 0 Å².